The number of aromatic nitrogens is 2. The SMILES string of the molecule is CCn1ccc(CNc2cc(C)ccc2OC)n1. The van der Waals surface area contributed by atoms with Crippen molar-refractivity contribution in [3.05, 3.63) is 41.7 Å². The maximum absolute atomic E-state index is 5.33. The molecule has 0 aliphatic rings. The van der Waals surface area contributed by atoms with Gasteiger partial charge in [0.15, 0.2) is 0 Å². The molecule has 4 nitrogen and oxygen atoms in total. The van der Waals surface area contributed by atoms with E-state index in [4.69, 9.17) is 4.74 Å². The number of anilines is 1. The van der Waals surface area contributed by atoms with Gasteiger partial charge in [0.25, 0.3) is 0 Å². The molecular weight excluding hydrogens is 226 g/mol. The summed E-state index contributed by atoms with van der Waals surface area (Å²) in [6, 6.07) is 8.12. The minimum Gasteiger partial charge on any atom is -0.495 e. The van der Waals surface area contributed by atoms with Crippen LogP contribution in [0.3, 0.4) is 0 Å². The van der Waals surface area contributed by atoms with Crippen molar-refractivity contribution in [2.24, 2.45) is 0 Å². The van der Waals surface area contributed by atoms with Crippen LogP contribution in [0.4, 0.5) is 5.69 Å². The summed E-state index contributed by atoms with van der Waals surface area (Å²) >= 11 is 0. The number of methoxy groups -OCH3 is 1. The summed E-state index contributed by atoms with van der Waals surface area (Å²) in [5.41, 5.74) is 3.24. The Kier molecular flexibility index (Phi) is 3.87. The van der Waals surface area contributed by atoms with Crippen LogP contribution in [0.15, 0.2) is 30.5 Å². The van der Waals surface area contributed by atoms with E-state index in [0.29, 0.717) is 6.54 Å². The van der Waals surface area contributed by atoms with Gasteiger partial charge in [0.05, 0.1) is 25.0 Å². The third-order valence-corrected chi connectivity index (χ3v) is 2.83. The van der Waals surface area contributed by atoms with E-state index < -0.39 is 0 Å². The molecule has 96 valence electrons. The molecule has 1 heterocycles. The van der Waals surface area contributed by atoms with Crippen LogP contribution in [0, 0.1) is 6.92 Å². The molecule has 0 bridgehead atoms. The van der Waals surface area contributed by atoms with Crippen LogP contribution in [0.5, 0.6) is 5.75 Å². The zero-order valence-corrected chi connectivity index (χ0v) is 11.1. The van der Waals surface area contributed by atoms with Crippen LogP contribution >= 0.6 is 0 Å². The molecule has 1 aromatic carbocycles. The van der Waals surface area contributed by atoms with Crippen LogP contribution in [-0.4, -0.2) is 16.9 Å². The second kappa shape index (κ2) is 5.58. The fourth-order valence-electron chi connectivity index (χ4n) is 1.82. The smallest absolute Gasteiger partial charge is 0.141 e. The van der Waals surface area contributed by atoms with Crippen molar-refractivity contribution in [1.29, 1.82) is 0 Å². The van der Waals surface area contributed by atoms with Crippen LogP contribution in [-0.2, 0) is 13.1 Å². The Morgan fingerprint density at radius 1 is 1.33 bits per heavy atom. The zero-order chi connectivity index (χ0) is 13.0. The summed E-state index contributed by atoms with van der Waals surface area (Å²) in [5.74, 6) is 0.857. The molecule has 2 aromatic rings. The van der Waals surface area contributed by atoms with E-state index in [1.54, 1.807) is 7.11 Å². The summed E-state index contributed by atoms with van der Waals surface area (Å²) in [4.78, 5) is 0. The molecule has 0 spiro atoms. The number of hydrogen-bond donors (Lipinski definition) is 1. The van der Waals surface area contributed by atoms with Gasteiger partial charge in [-0.2, -0.15) is 5.10 Å². The highest BCUT2D eigenvalue weighted by Crippen LogP contribution is 2.25. The number of ether oxygens (including phenoxy) is 1. The van der Waals surface area contributed by atoms with Crippen molar-refractivity contribution in [2.45, 2.75) is 26.9 Å². The van der Waals surface area contributed by atoms with Gasteiger partial charge in [-0.1, -0.05) is 6.07 Å². The van der Waals surface area contributed by atoms with Gasteiger partial charge in [-0.25, -0.2) is 0 Å². The number of rotatable bonds is 5. The largest absolute Gasteiger partial charge is 0.495 e. The number of benzene rings is 1. The second-order valence-electron chi connectivity index (χ2n) is 4.22. The van der Waals surface area contributed by atoms with Crippen molar-refractivity contribution in [3.8, 4) is 5.75 Å². The maximum Gasteiger partial charge on any atom is 0.141 e. The first kappa shape index (κ1) is 12.5. The zero-order valence-electron chi connectivity index (χ0n) is 11.1. The molecule has 4 heteroatoms. The van der Waals surface area contributed by atoms with Crippen LogP contribution in [0.1, 0.15) is 18.2 Å². The molecular formula is C14H19N3O. The topological polar surface area (TPSA) is 39.1 Å². The Bertz CT molecular complexity index is 520. The van der Waals surface area contributed by atoms with Gasteiger partial charge < -0.3 is 10.1 Å². The number of hydrogen-bond acceptors (Lipinski definition) is 3. The molecule has 0 fully saturated rings. The number of nitrogens with one attached hydrogen (secondary N) is 1. The quantitative estimate of drug-likeness (QED) is 0.880. The molecule has 0 radical (unpaired) electrons. The Morgan fingerprint density at radius 2 is 2.17 bits per heavy atom. The predicted octanol–water partition coefficient (Wildman–Crippen LogP) is 2.83. The molecule has 0 amide bonds. The fourth-order valence-corrected chi connectivity index (χ4v) is 1.82. The van der Waals surface area contributed by atoms with Crippen molar-refractivity contribution in [1.82, 2.24) is 9.78 Å². The Balaban J connectivity index is 2.07. The van der Waals surface area contributed by atoms with Crippen molar-refractivity contribution in [3.63, 3.8) is 0 Å². The first-order valence-corrected chi connectivity index (χ1v) is 6.13. The number of nitrogens with zero attached hydrogens (tertiary/aromatic N) is 2. The minimum absolute atomic E-state index is 0.701. The highest BCUT2D eigenvalue weighted by Gasteiger charge is 2.04. The van der Waals surface area contributed by atoms with Gasteiger partial charge in [-0.05, 0) is 37.6 Å². The molecule has 0 unspecified atom stereocenters. The number of aryl methyl sites for hydroxylation is 2. The van der Waals surface area contributed by atoms with Crippen LogP contribution in [0.25, 0.3) is 0 Å². The molecule has 1 aromatic heterocycles. The maximum atomic E-state index is 5.33. The summed E-state index contributed by atoms with van der Waals surface area (Å²) in [6.45, 7) is 5.74. The van der Waals surface area contributed by atoms with E-state index >= 15 is 0 Å². The first-order valence-electron chi connectivity index (χ1n) is 6.13. The Hall–Kier alpha value is -1.97. The highest BCUT2D eigenvalue weighted by molar-refractivity contribution is 5.58. The van der Waals surface area contributed by atoms with E-state index in [1.807, 2.05) is 29.1 Å². The Labute approximate surface area is 108 Å². The lowest BCUT2D eigenvalue weighted by Gasteiger charge is -2.10. The molecule has 0 atom stereocenters. The van der Waals surface area contributed by atoms with E-state index in [1.165, 1.54) is 5.56 Å². The summed E-state index contributed by atoms with van der Waals surface area (Å²) in [5, 5.41) is 7.79. The molecule has 1 N–H and O–H groups in total. The van der Waals surface area contributed by atoms with E-state index in [2.05, 4.69) is 30.3 Å². The highest BCUT2D eigenvalue weighted by atomic mass is 16.5. The van der Waals surface area contributed by atoms with Crippen LogP contribution < -0.4 is 10.1 Å². The van der Waals surface area contributed by atoms with Crippen LogP contribution in [0.2, 0.25) is 0 Å². The average Bonchev–Trinajstić information content (AvgIpc) is 2.84. The van der Waals surface area contributed by atoms with Gasteiger partial charge in [0.2, 0.25) is 0 Å². The van der Waals surface area contributed by atoms with Gasteiger partial charge in [0, 0.05) is 12.7 Å². The Morgan fingerprint density at radius 3 is 2.83 bits per heavy atom. The third-order valence-electron chi connectivity index (χ3n) is 2.83. The second-order valence-corrected chi connectivity index (χ2v) is 4.22. The molecule has 18 heavy (non-hydrogen) atoms. The molecule has 2 rings (SSSR count). The van der Waals surface area contributed by atoms with E-state index in [-0.39, 0.29) is 0 Å². The minimum atomic E-state index is 0.701. The van der Waals surface area contributed by atoms with Crippen molar-refractivity contribution >= 4 is 5.69 Å². The molecule has 0 aliphatic heterocycles. The lowest BCUT2D eigenvalue weighted by molar-refractivity contribution is 0.416. The summed E-state index contributed by atoms with van der Waals surface area (Å²) in [6.07, 6.45) is 1.99. The van der Waals surface area contributed by atoms with Gasteiger partial charge in [0.1, 0.15) is 5.75 Å². The molecule has 0 saturated carbocycles. The fraction of sp³-hybridized carbons (Fsp3) is 0.357. The average molecular weight is 245 g/mol. The van der Waals surface area contributed by atoms with E-state index in [9.17, 15) is 0 Å². The van der Waals surface area contributed by atoms with Crippen molar-refractivity contribution in [2.75, 3.05) is 12.4 Å². The summed E-state index contributed by atoms with van der Waals surface area (Å²) in [7, 11) is 1.68. The molecule has 0 saturated heterocycles. The van der Waals surface area contributed by atoms with Gasteiger partial charge in [-0.15, -0.1) is 0 Å². The normalized spacial score (nSPS) is 10.4. The van der Waals surface area contributed by atoms with E-state index in [0.717, 1.165) is 23.7 Å². The monoisotopic (exact) mass is 245 g/mol. The first-order chi connectivity index (χ1) is 8.72. The van der Waals surface area contributed by atoms with Gasteiger partial charge >= 0.3 is 0 Å². The lowest BCUT2D eigenvalue weighted by Crippen LogP contribution is -2.03. The molecule has 0 aliphatic carbocycles. The third kappa shape index (κ3) is 2.83. The van der Waals surface area contributed by atoms with Gasteiger partial charge in [-0.3, -0.25) is 4.68 Å². The predicted molar refractivity (Wildman–Crippen MR) is 73.0 cm³/mol. The lowest BCUT2D eigenvalue weighted by atomic mass is 10.2. The standard InChI is InChI=1S/C14H19N3O/c1-4-17-8-7-12(16-17)10-15-13-9-11(2)5-6-14(13)18-3/h5-9,15H,4,10H2,1-3H3. The van der Waals surface area contributed by atoms with Crippen molar-refractivity contribution < 1.29 is 4.74 Å². The summed E-state index contributed by atoms with van der Waals surface area (Å²) < 4.78 is 7.25.